The highest BCUT2D eigenvalue weighted by Crippen LogP contribution is 2.10. The highest BCUT2D eigenvalue weighted by Gasteiger charge is 2.07. The minimum Gasteiger partial charge on any atom is -0.478 e. The molecule has 0 aliphatic heterocycles. The minimum atomic E-state index is -1.15. The molecule has 0 bridgehead atoms. The van der Waals surface area contributed by atoms with Crippen molar-refractivity contribution in [2.75, 3.05) is 19.8 Å². The normalized spacial score (nSPS) is 10.9. The molecule has 1 aromatic carbocycles. The fourth-order valence-corrected chi connectivity index (χ4v) is 1.48. The SMILES string of the molecule is CC(C)COCCOCc1cc(F)cc(C(=O)O)c1. The van der Waals surface area contributed by atoms with Crippen LogP contribution in [0.2, 0.25) is 0 Å². The maximum absolute atomic E-state index is 13.2. The monoisotopic (exact) mass is 270 g/mol. The van der Waals surface area contributed by atoms with Gasteiger partial charge in [0.25, 0.3) is 0 Å². The van der Waals surface area contributed by atoms with Gasteiger partial charge in [0.1, 0.15) is 5.82 Å². The van der Waals surface area contributed by atoms with E-state index in [2.05, 4.69) is 13.8 Å². The first-order chi connectivity index (χ1) is 8.99. The summed E-state index contributed by atoms with van der Waals surface area (Å²) in [6.45, 7) is 5.82. The van der Waals surface area contributed by atoms with Crippen molar-refractivity contribution in [3.8, 4) is 0 Å². The first-order valence-corrected chi connectivity index (χ1v) is 6.17. The second-order valence-corrected chi connectivity index (χ2v) is 4.67. The molecular formula is C14H19FO4. The lowest BCUT2D eigenvalue weighted by Gasteiger charge is -2.08. The smallest absolute Gasteiger partial charge is 0.335 e. The van der Waals surface area contributed by atoms with Crippen molar-refractivity contribution < 1.29 is 23.8 Å². The lowest BCUT2D eigenvalue weighted by atomic mass is 10.1. The van der Waals surface area contributed by atoms with Crippen LogP contribution < -0.4 is 0 Å². The Balaban J connectivity index is 2.35. The van der Waals surface area contributed by atoms with E-state index in [1.807, 2.05) is 0 Å². The van der Waals surface area contributed by atoms with Gasteiger partial charge in [-0.05, 0) is 29.7 Å². The molecule has 1 aromatic rings. The summed E-state index contributed by atoms with van der Waals surface area (Å²) in [4.78, 5) is 10.8. The van der Waals surface area contributed by atoms with Crippen LogP contribution in [0, 0.1) is 11.7 Å². The number of carbonyl (C=O) groups is 1. The number of halogens is 1. The Kier molecular flexibility index (Phi) is 6.45. The average Bonchev–Trinajstić information content (AvgIpc) is 2.32. The number of ether oxygens (including phenoxy) is 2. The summed E-state index contributed by atoms with van der Waals surface area (Å²) in [6.07, 6.45) is 0. The van der Waals surface area contributed by atoms with Crippen molar-refractivity contribution in [1.29, 1.82) is 0 Å². The fraction of sp³-hybridized carbons (Fsp3) is 0.500. The average molecular weight is 270 g/mol. The van der Waals surface area contributed by atoms with Gasteiger partial charge in [-0.25, -0.2) is 9.18 Å². The molecule has 106 valence electrons. The van der Waals surface area contributed by atoms with Crippen molar-refractivity contribution in [2.45, 2.75) is 20.5 Å². The van der Waals surface area contributed by atoms with Gasteiger partial charge in [0.05, 0.1) is 25.4 Å². The molecule has 0 atom stereocenters. The van der Waals surface area contributed by atoms with Gasteiger partial charge in [-0.1, -0.05) is 13.8 Å². The molecule has 0 unspecified atom stereocenters. The Morgan fingerprint density at radius 1 is 1.26 bits per heavy atom. The van der Waals surface area contributed by atoms with Crippen LogP contribution in [0.5, 0.6) is 0 Å². The van der Waals surface area contributed by atoms with E-state index in [9.17, 15) is 9.18 Å². The quantitative estimate of drug-likeness (QED) is 0.738. The molecule has 19 heavy (non-hydrogen) atoms. The van der Waals surface area contributed by atoms with Crippen LogP contribution in [0.4, 0.5) is 4.39 Å². The van der Waals surface area contributed by atoms with Crippen LogP contribution in [0.1, 0.15) is 29.8 Å². The molecule has 0 radical (unpaired) electrons. The van der Waals surface area contributed by atoms with E-state index in [4.69, 9.17) is 14.6 Å². The molecule has 0 heterocycles. The third kappa shape index (κ3) is 6.31. The summed E-state index contributed by atoms with van der Waals surface area (Å²) < 4.78 is 23.8. The topological polar surface area (TPSA) is 55.8 Å². The predicted octanol–water partition coefficient (Wildman–Crippen LogP) is 2.71. The maximum Gasteiger partial charge on any atom is 0.335 e. The molecule has 0 aromatic heterocycles. The Labute approximate surface area is 112 Å². The van der Waals surface area contributed by atoms with Crippen LogP contribution in [-0.2, 0) is 16.1 Å². The van der Waals surface area contributed by atoms with Crippen LogP contribution in [0.15, 0.2) is 18.2 Å². The summed E-state index contributed by atoms with van der Waals surface area (Å²) in [5.41, 5.74) is 0.427. The van der Waals surface area contributed by atoms with E-state index >= 15 is 0 Å². The number of carboxylic acids is 1. The molecule has 0 spiro atoms. The number of rotatable bonds is 8. The van der Waals surface area contributed by atoms with Gasteiger partial charge in [-0.15, -0.1) is 0 Å². The summed E-state index contributed by atoms with van der Waals surface area (Å²) in [7, 11) is 0. The highest BCUT2D eigenvalue weighted by atomic mass is 19.1. The Hall–Kier alpha value is -1.46. The van der Waals surface area contributed by atoms with E-state index in [1.165, 1.54) is 12.1 Å². The van der Waals surface area contributed by atoms with Crippen molar-refractivity contribution in [2.24, 2.45) is 5.92 Å². The van der Waals surface area contributed by atoms with Gasteiger partial charge >= 0.3 is 5.97 Å². The molecular weight excluding hydrogens is 251 g/mol. The van der Waals surface area contributed by atoms with E-state index in [0.717, 1.165) is 6.07 Å². The van der Waals surface area contributed by atoms with Crippen molar-refractivity contribution >= 4 is 5.97 Å². The molecule has 0 aliphatic rings. The van der Waals surface area contributed by atoms with Crippen molar-refractivity contribution in [3.63, 3.8) is 0 Å². The third-order valence-corrected chi connectivity index (χ3v) is 2.30. The summed E-state index contributed by atoms with van der Waals surface area (Å²) in [5.74, 6) is -1.25. The lowest BCUT2D eigenvalue weighted by Crippen LogP contribution is -2.09. The second-order valence-electron chi connectivity index (χ2n) is 4.67. The van der Waals surface area contributed by atoms with Gasteiger partial charge in [0.2, 0.25) is 0 Å². The van der Waals surface area contributed by atoms with Gasteiger partial charge in [-0.2, -0.15) is 0 Å². The zero-order chi connectivity index (χ0) is 14.3. The number of hydrogen-bond donors (Lipinski definition) is 1. The summed E-state index contributed by atoms with van der Waals surface area (Å²) in [6, 6.07) is 3.65. The second kappa shape index (κ2) is 7.86. The van der Waals surface area contributed by atoms with Crippen LogP contribution >= 0.6 is 0 Å². The zero-order valence-electron chi connectivity index (χ0n) is 11.2. The molecule has 0 amide bonds. The Bertz CT molecular complexity index is 418. The molecule has 4 nitrogen and oxygen atoms in total. The molecule has 0 fully saturated rings. The zero-order valence-corrected chi connectivity index (χ0v) is 11.2. The van der Waals surface area contributed by atoms with E-state index < -0.39 is 11.8 Å². The first kappa shape index (κ1) is 15.6. The lowest BCUT2D eigenvalue weighted by molar-refractivity contribution is 0.0313. The number of carboxylic acid groups (broad SMARTS) is 1. The summed E-state index contributed by atoms with van der Waals surface area (Å²) in [5, 5.41) is 8.80. The molecule has 0 saturated carbocycles. The van der Waals surface area contributed by atoms with E-state index in [-0.39, 0.29) is 12.2 Å². The first-order valence-electron chi connectivity index (χ1n) is 6.17. The molecule has 5 heteroatoms. The number of benzene rings is 1. The molecule has 0 saturated heterocycles. The van der Waals surface area contributed by atoms with Crippen LogP contribution in [-0.4, -0.2) is 30.9 Å². The minimum absolute atomic E-state index is 0.0744. The van der Waals surface area contributed by atoms with Gasteiger partial charge in [-0.3, -0.25) is 0 Å². The molecule has 0 aliphatic carbocycles. The molecule has 1 N–H and O–H groups in total. The van der Waals surface area contributed by atoms with Crippen molar-refractivity contribution in [1.82, 2.24) is 0 Å². The summed E-state index contributed by atoms with van der Waals surface area (Å²) >= 11 is 0. The predicted molar refractivity (Wildman–Crippen MR) is 68.7 cm³/mol. The van der Waals surface area contributed by atoms with E-state index in [0.29, 0.717) is 31.3 Å². The largest absolute Gasteiger partial charge is 0.478 e. The van der Waals surface area contributed by atoms with E-state index in [1.54, 1.807) is 0 Å². The fourth-order valence-electron chi connectivity index (χ4n) is 1.48. The van der Waals surface area contributed by atoms with Gasteiger partial charge in [0, 0.05) is 6.61 Å². The molecule has 1 rings (SSSR count). The van der Waals surface area contributed by atoms with Gasteiger partial charge in [0.15, 0.2) is 0 Å². The van der Waals surface area contributed by atoms with Crippen LogP contribution in [0.25, 0.3) is 0 Å². The Morgan fingerprint density at radius 2 is 1.95 bits per heavy atom. The highest BCUT2D eigenvalue weighted by molar-refractivity contribution is 5.87. The van der Waals surface area contributed by atoms with Crippen molar-refractivity contribution in [3.05, 3.63) is 35.1 Å². The van der Waals surface area contributed by atoms with Gasteiger partial charge < -0.3 is 14.6 Å². The standard InChI is InChI=1S/C14H19FO4/c1-10(2)8-18-3-4-19-9-11-5-12(14(16)17)7-13(15)6-11/h5-7,10H,3-4,8-9H2,1-2H3,(H,16,17). The van der Waals surface area contributed by atoms with Crippen LogP contribution in [0.3, 0.4) is 0 Å². The maximum atomic E-state index is 13.2. The number of hydrogen-bond acceptors (Lipinski definition) is 3. The Morgan fingerprint density at radius 3 is 2.58 bits per heavy atom. The third-order valence-electron chi connectivity index (χ3n) is 2.30. The number of aromatic carboxylic acids is 1.